The third-order valence-electron chi connectivity index (χ3n) is 7.24. The molecule has 3 heterocycles. The number of likely N-dealkylation sites (tertiary alicyclic amines) is 1. The molecule has 0 saturated carbocycles. The lowest BCUT2D eigenvalue weighted by molar-refractivity contribution is -0.274. The lowest BCUT2D eigenvalue weighted by atomic mass is 9.68. The molecule has 1 N–H and O–H groups in total. The molecule has 31 heavy (non-hydrogen) atoms. The summed E-state index contributed by atoms with van der Waals surface area (Å²) in [6, 6.07) is 5.95. The van der Waals surface area contributed by atoms with E-state index in [4.69, 9.17) is 0 Å². The predicted octanol–water partition coefficient (Wildman–Crippen LogP) is 5.01. The zero-order valence-corrected chi connectivity index (χ0v) is 17.4. The molecular formula is C23H28F3N3O2. The van der Waals surface area contributed by atoms with Crippen LogP contribution in [0.5, 0.6) is 5.75 Å². The fourth-order valence-corrected chi connectivity index (χ4v) is 6.17. The third-order valence-corrected chi connectivity index (χ3v) is 7.24. The van der Waals surface area contributed by atoms with Gasteiger partial charge in [-0.05, 0) is 62.6 Å². The van der Waals surface area contributed by atoms with E-state index in [1.165, 1.54) is 43.0 Å². The number of alkyl halides is 3. The van der Waals surface area contributed by atoms with Crippen LogP contribution in [0.4, 0.5) is 23.7 Å². The third kappa shape index (κ3) is 4.27. The minimum Gasteiger partial charge on any atom is -0.406 e. The van der Waals surface area contributed by atoms with Crippen LogP contribution in [0.3, 0.4) is 0 Å². The number of rotatable bonds is 2. The van der Waals surface area contributed by atoms with Crippen LogP contribution in [0.15, 0.2) is 35.9 Å². The van der Waals surface area contributed by atoms with Gasteiger partial charge in [0, 0.05) is 30.9 Å². The van der Waals surface area contributed by atoms with Crippen molar-refractivity contribution in [2.45, 2.75) is 57.0 Å². The van der Waals surface area contributed by atoms with Crippen molar-refractivity contribution >= 4 is 11.7 Å². The van der Waals surface area contributed by atoms with E-state index in [9.17, 15) is 18.0 Å². The van der Waals surface area contributed by atoms with Crippen molar-refractivity contribution in [1.82, 2.24) is 9.80 Å². The van der Waals surface area contributed by atoms with Gasteiger partial charge in [0.1, 0.15) is 5.75 Å². The average Bonchev–Trinajstić information content (AvgIpc) is 2.72. The number of anilines is 1. The maximum Gasteiger partial charge on any atom is 0.573 e. The average molecular weight is 435 g/mol. The molecule has 168 valence electrons. The minimum atomic E-state index is -4.76. The first-order valence-electron chi connectivity index (χ1n) is 11.3. The Balaban J connectivity index is 1.33. The Morgan fingerprint density at radius 1 is 1.16 bits per heavy atom. The Labute approximate surface area is 180 Å². The molecule has 5 nitrogen and oxygen atoms in total. The SMILES string of the molecule is O=C(Nc1cccc(OC(F)(F)F)c1)N1CCCC2=C[C@H]3C[C@@H](CN4CCCC[C@@H]34)[C@@H]21. The highest BCUT2D eigenvalue weighted by Gasteiger charge is 2.47. The van der Waals surface area contributed by atoms with Gasteiger partial charge in [0.2, 0.25) is 0 Å². The minimum absolute atomic E-state index is 0.0856. The van der Waals surface area contributed by atoms with Gasteiger partial charge < -0.3 is 15.0 Å². The zero-order chi connectivity index (χ0) is 21.6. The summed E-state index contributed by atoms with van der Waals surface area (Å²) in [4.78, 5) is 17.7. The van der Waals surface area contributed by atoms with Crippen molar-refractivity contribution < 1.29 is 22.7 Å². The molecule has 1 aromatic carbocycles. The number of urea groups is 1. The van der Waals surface area contributed by atoms with Gasteiger partial charge in [-0.2, -0.15) is 0 Å². The number of carbonyl (C=O) groups is 1. The van der Waals surface area contributed by atoms with E-state index >= 15 is 0 Å². The number of fused-ring (bicyclic) bond motifs is 6. The molecule has 0 spiro atoms. The van der Waals surface area contributed by atoms with Crippen molar-refractivity contribution in [3.8, 4) is 5.75 Å². The van der Waals surface area contributed by atoms with Crippen molar-refractivity contribution in [1.29, 1.82) is 0 Å². The summed E-state index contributed by atoms with van der Waals surface area (Å²) in [5.74, 6) is 0.670. The molecule has 5 rings (SSSR count). The molecule has 4 aliphatic rings. The first-order valence-corrected chi connectivity index (χ1v) is 11.3. The van der Waals surface area contributed by atoms with Gasteiger partial charge in [0.25, 0.3) is 0 Å². The molecular weight excluding hydrogens is 407 g/mol. The van der Waals surface area contributed by atoms with Crippen LogP contribution < -0.4 is 10.1 Å². The molecule has 8 heteroatoms. The summed E-state index contributed by atoms with van der Waals surface area (Å²) in [7, 11) is 0. The highest BCUT2D eigenvalue weighted by molar-refractivity contribution is 5.90. The van der Waals surface area contributed by atoms with Gasteiger partial charge in [0.05, 0.1) is 6.04 Å². The number of hydrogen-bond donors (Lipinski definition) is 1. The maximum atomic E-state index is 13.2. The van der Waals surface area contributed by atoms with E-state index < -0.39 is 6.36 Å². The number of ether oxygens (including phenoxy) is 1. The Bertz CT molecular complexity index is 872. The Morgan fingerprint density at radius 2 is 2.03 bits per heavy atom. The van der Waals surface area contributed by atoms with Gasteiger partial charge in [0.15, 0.2) is 0 Å². The molecule has 1 aliphatic carbocycles. The monoisotopic (exact) mass is 435 g/mol. The Morgan fingerprint density at radius 3 is 2.87 bits per heavy atom. The summed E-state index contributed by atoms with van der Waals surface area (Å²) >= 11 is 0. The van der Waals surface area contributed by atoms with E-state index in [0.29, 0.717) is 30.1 Å². The van der Waals surface area contributed by atoms with Crippen molar-refractivity contribution in [2.75, 3.05) is 25.0 Å². The number of halogens is 3. The van der Waals surface area contributed by atoms with Crippen LogP contribution in [0.2, 0.25) is 0 Å². The molecule has 2 amide bonds. The van der Waals surface area contributed by atoms with Crippen LogP contribution in [0, 0.1) is 11.8 Å². The van der Waals surface area contributed by atoms with Crippen molar-refractivity contribution in [2.24, 2.45) is 11.8 Å². The van der Waals surface area contributed by atoms with Crippen molar-refractivity contribution in [3.05, 3.63) is 35.9 Å². The van der Waals surface area contributed by atoms with E-state index in [-0.39, 0.29) is 17.8 Å². The molecule has 3 aliphatic heterocycles. The second-order valence-electron chi connectivity index (χ2n) is 9.21. The number of hydrogen-bond acceptors (Lipinski definition) is 3. The van der Waals surface area contributed by atoms with Crippen LogP contribution in [-0.4, -0.2) is 53.9 Å². The Hall–Kier alpha value is -2.22. The van der Waals surface area contributed by atoms with Crippen LogP contribution >= 0.6 is 0 Å². The number of carbonyl (C=O) groups excluding carboxylic acids is 1. The normalized spacial score (nSPS) is 30.7. The molecule has 0 radical (unpaired) electrons. The van der Waals surface area contributed by atoms with Crippen LogP contribution in [-0.2, 0) is 0 Å². The lowest BCUT2D eigenvalue weighted by Crippen LogP contribution is -2.60. The standard InChI is InChI=1S/C23H28F3N3O2/c24-23(25,26)31-19-7-3-6-18(13-19)27-22(30)29-10-4-5-15-11-16-12-17(21(15)29)14-28-9-2-1-8-20(16)28/h3,6-7,11,13,16-17,20-21H,1-2,4-5,8-10,12,14H2,(H,27,30)/t16-,17-,20-,21+/m0/s1. The van der Waals surface area contributed by atoms with Gasteiger partial charge in [-0.15, -0.1) is 13.2 Å². The van der Waals surface area contributed by atoms with Crippen LogP contribution in [0.1, 0.15) is 38.5 Å². The fourth-order valence-electron chi connectivity index (χ4n) is 6.17. The number of amides is 2. The molecule has 0 unspecified atom stereocenters. The largest absolute Gasteiger partial charge is 0.573 e. The first kappa shape index (κ1) is 20.7. The highest BCUT2D eigenvalue weighted by Crippen LogP contribution is 2.45. The second kappa shape index (κ2) is 8.04. The summed E-state index contributed by atoms with van der Waals surface area (Å²) in [5.41, 5.74) is 1.68. The van der Waals surface area contributed by atoms with Gasteiger partial charge >= 0.3 is 12.4 Å². The second-order valence-corrected chi connectivity index (χ2v) is 9.21. The molecule has 3 saturated heterocycles. The number of piperidine rings is 3. The van der Waals surface area contributed by atoms with Gasteiger partial charge in [-0.25, -0.2) is 4.79 Å². The smallest absolute Gasteiger partial charge is 0.406 e. The summed E-state index contributed by atoms with van der Waals surface area (Å²) in [6.07, 6.45) is 4.57. The zero-order valence-electron chi connectivity index (χ0n) is 17.4. The Kier molecular flexibility index (Phi) is 5.36. The molecule has 1 aromatic rings. The molecule has 4 atom stereocenters. The van der Waals surface area contributed by atoms with Gasteiger partial charge in [-0.1, -0.05) is 24.1 Å². The van der Waals surface area contributed by atoms with Crippen LogP contribution in [0.25, 0.3) is 0 Å². The summed E-state index contributed by atoms with van der Waals surface area (Å²) in [5, 5.41) is 2.80. The first-order chi connectivity index (χ1) is 14.9. The lowest BCUT2D eigenvalue weighted by Gasteiger charge is -2.54. The summed E-state index contributed by atoms with van der Waals surface area (Å²) in [6.45, 7) is 2.84. The van der Waals surface area contributed by atoms with E-state index in [1.807, 2.05) is 4.90 Å². The maximum absolute atomic E-state index is 13.2. The molecule has 3 fully saturated rings. The number of nitrogens with zero attached hydrogens (tertiary/aromatic N) is 2. The fraction of sp³-hybridized carbons (Fsp3) is 0.609. The quantitative estimate of drug-likeness (QED) is 0.664. The van der Waals surface area contributed by atoms with E-state index in [1.54, 1.807) is 6.07 Å². The predicted molar refractivity (Wildman–Crippen MR) is 111 cm³/mol. The van der Waals surface area contributed by atoms with Gasteiger partial charge in [-0.3, -0.25) is 4.90 Å². The van der Waals surface area contributed by atoms with E-state index in [2.05, 4.69) is 21.0 Å². The number of nitrogens with one attached hydrogen (secondary N) is 1. The highest BCUT2D eigenvalue weighted by atomic mass is 19.4. The molecule has 0 aromatic heterocycles. The van der Waals surface area contributed by atoms with Crippen molar-refractivity contribution in [3.63, 3.8) is 0 Å². The topological polar surface area (TPSA) is 44.8 Å². The molecule has 2 bridgehead atoms. The number of benzene rings is 1. The summed E-state index contributed by atoms with van der Waals surface area (Å²) < 4.78 is 41.5. The van der Waals surface area contributed by atoms with E-state index in [0.717, 1.165) is 32.4 Å².